The zero-order valence-electron chi connectivity index (χ0n) is 4.94. The van der Waals surface area contributed by atoms with E-state index in [-0.39, 0.29) is 7.43 Å². The fraction of sp³-hybridized carbons (Fsp3) is 1.00. The van der Waals surface area contributed by atoms with Gasteiger partial charge in [-0.2, -0.15) is 0 Å². The highest BCUT2D eigenvalue weighted by Gasteiger charge is 1.76. The van der Waals surface area contributed by atoms with Gasteiger partial charge in [0, 0.05) is 13.2 Å². The molecule has 0 aromatic rings. The highest BCUT2D eigenvalue weighted by atomic mass is 16.7. The van der Waals surface area contributed by atoms with Crippen molar-refractivity contribution in [3.05, 3.63) is 0 Å². The Labute approximate surface area is 51.8 Å². The van der Waals surface area contributed by atoms with Gasteiger partial charge in [0.25, 0.3) is 0 Å². The second kappa shape index (κ2) is 10.0. The van der Waals surface area contributed by atoms with E-state index < -0.39 is 0 Å². The van der Waals surface area contributed by atoms with Crippen LogP contribution in [0.5, 0.6) is 0 Å². The van der Waals surface area contributed by atoms with Crippen LogP contribution in [-0.2, 0) is 9.47 Å². The van der Waals surface area contributed by atoms with E-state index in [4.69, 9.17) is 9.47 Å². The Morgan fingerprint density at radius 1 is 1.00 bits per heavy atom. The molecule has 0 unspecified atom stereocenters. The van der Waals surface area contributed by atoms with Gasteiger partial charge in [0.1, 0.15) is 6.79 Å². The first-order chi connectivity index (χ1) is 3.41. The molecule has 0 saturated carbocycles. The van der Waals surface area contributed by atoms with Crippen LogP contribution in [0.1, 0.15) is 21.3 Å². The van der Waals surface area contributed by atoms with Crippen molar-refractivity contribution in [1.82, 2.24) is 0 Å². The Balaban J connectivity index is 0. The molecule has 0 N–H and O–H groups in total. The largest absolute Gasteiger partial charge is 0.356 e. The third-order valence-corrected chi connectivity index (χ3v) is 0.575. The molecule has 2 nitrogen and oxygen atoms in total. The predicted octanol–water partition coefficient (Wildman–Crippen LogP) is 1.65. The average Bonchev–Trinajstić information content (AvgIpc) is 1.69. The van der Waals surface area contributed by atoms with E-state index in [1.54, 1.807) is 0 Å². The molecule has 0 amide bonds. The smallest absolute Gasteiger partial charge is 0.146 e. The minimum atomic E-state index is 0. The predicted molar refractivity (Wildman–Crippen MR) is 34.8 cm³/mol. The summed E-state index contributed by atoms with van der Waals surface area (Å²) in [5.74, 6) is 0. The lowest BCUT2D eigenvalue weighted by atomic mass is 10.9. The molecule has 0 aliphatic heterocycles. The van der Waals surface area contributed by atoms with Gasteiger partial charge in [-0.3, -0.25) is 0 Å². The first kappa shape index (κ1) is 10.8. The summed E-state index contributed by atoms with van der Waals surface area (Å²) in [6, 6.07) is 0. The van der Waals surface area contributed by atoms with Gasteiger partial charge in [-0.25, -0.2) is 0 Å². The maximum absolute atomic E-state index is 4.85. The summed E-state index contributed by atoms with van der Waals surface area (Å²) in [5.41, 5.74) is 0. The maximum atomic E-state index is 4.85. The van der Waals surface area contributed by atoms with Crippen LogP contribution in [0, 0.1) is 0 Å². The van der Waals surface area contributed by atoms with Crippen LogP contribution in [0.3, 0.4) is 0 Å². The molecule has 0 atom stereocenters. The first-order valence-electron chi connectivity index (χ1n) is 2.57. The third-order valence-electron chi connectivity index (χ3n) is 0.575. The van der Waals surface area contributed by atoms with Crippen LogP contribution in [-0.4, -0.2) is 20.0 Å². The Morgan fingerprint density at radius 2 is 1.38 bits per heavy atom. The van der Waals surface area contributed by atoms with Crippen molar-refractivity contribution in [2.75, 3.05) is 20.0 Å². The topological polar surface area (TPSA) is 18.5 Å². The normalized spacial score (nSPS) is 8.25. The molecular weight excluding hydrogens is 104 g/mol. The standard InChI is InChI=1S/C5H12O2.CH4/c1-3-6-5-7-4-2;/h3-5H2,1-2H3;1H4. The molecule has 0 radical (unpaired) electrons. The fourth-order valence-corrected chi connectivity index (χ4v) is 0.226. The summed E-state index contributed by atoms with van der Waals surface area (Å²) in [7, 11) is 0. The molecule has 0 aromatic carbocycles. The Kier molecular flexibility index (Phi) is 13.6. The number of hydrogen-bond acceptors (Lipinski definition) is 2. The SMILES string of the molecule is C.CCOCOCC. The van der Waals surface area contributed by atoms with E-state index >= 15 is 0 Å². The van der Waals surface area contributed by atoms with Crippen molar-refractivity contribution in [3.8, 4) is 0 Å². The monoisotopic (exact) mass is 120 g/mol. The van der Waals surface area contributed by atoms with E-state index in [9.17, 15) is 0 Å². The lowest BCUT2D eigenvalue weighted by Crippen LogP contribution is -1.97. The highest BCUT2D eigenvalue weighted by molar-refractivity contribution is 4.08. The molecule has 2 heteroatoms. The zero-order valence-corrected chi connectivity index (χ0v) is 4.94. The second-order valence-electron chi connectivity index (χ2n) is 1.10. The Morgan fingerprint density at radius 3 is 1.62 bits per heavy atom. The molecule has 0 saturated heterocycles. The van der Waals surface area contributed by atoms with Gasteiger partial charge in [-0.1, -0.05) is 7.43 Å². The van der Waals surface area contributed by atoms with Gasteiger partial charge in [-0.15, -0.1) is 0 Å². The Bertz CT molecular complexity index is 25.7. The minimum Gasteiger partial charge on any atom is -0.356 e. The molecule has 0 aliphatic rings. The molecular formula is C6H16O2. The number of hydrogen-bond donors (Lipinski definition) is 0. The number of rotatable bonds is 4. The van der Waals surface area contributed by atoms with E-state index in [0.29, 0.717) is 6.79 Å². The molecule has 52 valence electrons. The first-order valence-corrected chi connectivity index (χ1v) is 2.57. The molecule has 8 heavy (non-hydrogen) atoms. The van der Waals surface area contributed by atoms with E-state index in [1.807, 2.05) is 13.8 Å². The lowest BCUT2D eigenvalue weighted by Gasteiger charge is -1.97. The van der Waals surface area contributed by atoms with Crippen molar-refractivity contribution in [2.24, 2.45) is 0 Å². The molecule has 0 fully saturated rings. The second-order valence-corrected chi connectivity index (χ2v) is 1.10. The van der Waals surface area contributed by atoms with Crippen LogP contribution < -0.4 is 0 Å². The van der Waals surface area contributed by atoms with Gasteiger partial charge in [0.15, 0.2) is 0 Å². The summed E-state index contributed by atoms with van der Waals surface area (Å²) < 4.78 is 9.70. The minimum absolute atomic E-state index is 0. The van der Waals surface area contributed by atoms with Gasteiger partial charge >= 0.3 is 0 Å². The molecule has 0 spiro atoms. The van der Waals surface area contributed by atoms with Gasteiger partial charge in [0.05, 0.1) is 0 Å². The van der Waals surface area contributed by atoms with Gasteiger partial charge in [0.2, 0.25) is 0 Å². The van der Waals surface area contributed by atoms with Crippen LogP contribution in [0.4, 0.5) is 0 Å². The van der Waals surface area contributed by atoms with Crippen LogP contribution in [0.2, 0.25) is 0 Å². The molecule has 0 heterocycles. The van der Waals surface area contributed by atoms with Crippen LogP contribution in [0.15, 0.2) is 0 Å². The molecule has 0 rings (SSSR count). The van der Waals surface area contributed by atoms with E-state index in [2.05, 4.69) is 0 Å². The molecule has 0 aliphatic carbocycles. The average molecular weight is 120 g/mol. The van der Waals surface area contributed by atoms with Crippen molar-refractivity contribution >= 4 is 0 Å². The Hall–Kier alpha value is -0.0800. The fourth-order valence-electron chi connectivity index (χ4n) is 0.226. The lowest BCUT2D eigenvalue weighted by molar-refractivity contribution is -0.0445. The summed E-state index contributed by atoms with van der Waals surface area (Å²) in [6.07, 6.45) is 0. The third kappa shape index (κ3) is 9.33. The highest BCUT2D eigenvalue weighted by Crippen LogP contribution is 1.74. The summed E-state index contributed by atoms with van der Waals surface area (Å²) in [4.78, 5) is 0. The number of ether oxygens (including phenoxy) is 2. The van der Waals surface area contributed by atoms with Gasteiger partial charge < -0.3 is 9.47 Å². The van der Waals surface area contributed by atoms with E-state index in [1.165, 1.54) is 0 Å². The van der Waals surface area contributed by atoms with Crippen molar-refractivity contribution in [2.45, 2.75) is 21.3 Å². The zero-order chi connectivity index (χ0) is 5.54. The molecule has 0 bridgehead atoms. The van der Waals surface area contributed by atoms with Crippen molar-refractivity contribution in [3.63, 3.8) is 0 Å². The summed E-state index contributed by atoms with van der Waals surface area (Å²) in [5, 5.41) is 0. The summed E-state index contributed by atoms with van der Waals surface area (Å²) >= 11 is 0. The van der Waals surface area contributed by atoms with E-state index in [0.717, 1.165) is 13.2 Å². The van der Waals surface area contributed by atoms with Crippen LogP contribution in [0.25, 0.3) is 0 Å². The van der Waals surface area contributed by atoms with Crippen molar-refractivity contribution in [1.29, 1.82) is 0 Å². The maximum Gasteiger partial charge on any atom is 0.146 e. The quantitative estimate of drug-likeness (QED) is 0.415. The van der Waals surface area contributed by atoms with Crippen molar-refractivity contribution < 1.29 is 9.47 Å². The van der Waals surface area contributed by atoms with Crippen LogP contribution >= 0.6 is 0 Å². The van der Waals surface area contributed by atoms with Gasteiger partial charge in [-0.05, 0) is 13.8 Å². The molecule has 0 aromatic heterocycles. The summed E-state index contributed by atoms with van der Waals surface area (Å²) in [6.45, 7) is 5.80.